The van der Waals surface area contributed by atoms with Gasteiger partial charge in [0.25, 0.3) is 0 Å². The van der Waals surface area contributed by atoms with Crippen molar-refractivity contribution in [3.05, 3.63) is 85.6 Å². The van der Waals surface area contributed by atoms with Crippen molar-refractivity contribution in [2.45, 2.75) is 0 Å². The van der Waals surface area contributed by atoms with E-state index in [4.69, 9.17) is 14.8 Å². The molecule has 2 aromatic heterocycles. The summed E-state index contributed by atoms with van der Waals surface area (Å²) in [4.78, 5) is 9.54. The maximum Gasteiger partial charge on any atom is 0.211 e. The second-order valence-corrected chi connectivity index (χ2v) is 8.95. The number of aromatic nitrogens is 2. The van der Waals surface area contributed by atoms with Crippen LogP contribution in [0.1, 0.15) is 5.56 Å². The van der Waals surface area contributed by atoms with Crippen molar-refractivity contribution in [2.24, 2.45) is 10.1 Å². The molecular formula is C22H16Br2N4O2S. The van der Waals surface area contributed by atoms with Crippen molar-refractivity contribution >= 4 is 55.1 Å². The molecule has 1 N–H and O–H groups in total. The van der Waals surface area contributed by atoms with Crippen LogP contribution in [0.4, 0.5) is 5.69 Å². The molecule has 0 atom stereocenters. The van der Waals surface area contributed by atoms with Gasteiger partial charge in [0.05, 0.1) is 35.4 Å². The van der Waals surface area contributed by atoms with Gasteiger partial charge in [-0.15, -0.1) is 11.3 Å². The zero-order valence-electron chi connectivity index (χ0n) is 16.2. The molecule has 0 saturated heterocycles. The molecular weight excluding hydrogens is 544 g/mol. The quantitative estimate of drug-likeness (QED) is 0.306. The molecule has 0 amide bonds. The lowest BCUT2D eigenvalue weighted by Gasteiger charge is -2.07. The van der Waals surface area contributed by atoms with Gasteiger partial charge in [-0.2, -0.15) is 5.10 Å². The van der Waals surface area contributed by atoms with Crippen molar-refractivity contribution in [3.63, 3.8) is 0 Å². The fourth-order valence-electron chi connectivity index (χ4n) is 2.79. The Kier molecular flexibility index (Phi) is 6.64. The number of phenols is 1. The van der Waals surface area contributed by atoms with E-state index in [1.807, 2.05) is 41.8 Å². The van der Waals surface area contributed by atoms with E-state index < -0.39 is 0 Å². The summed E-state index contributed by atoms with van der Waals surface area (Å²) in [7, 11) is 1.51. The summed E-state index contributed by atoms with van der Waals surface area (Å²) in [5.41, 5.74) is 3.41. The van der Waals surface area contributed by atoms with Gasteiger partial charge < -0.3 is 9.84 Å². The van der Waals surface area contributed by atoms with Crippen LogP contribution in [-0.2, 0) is 0 Å². The van der Waals surface area contributed by atoms with Gasteiger partial charge in [0.15, 0.2) is 11.5 Å². The van der Waals surface area contributed by atoms with Gasteiger partial charge in [0.1, 0.15) is 0 Å². The van der Waals surface area contributed by atoms with Crippen molar-refractivity contribution < 1.29 is 9.84 Å². The molecule has 4 rings (SSSR count). The number of phenolic OH excluding ortho intramolecular Hbond substituents is 1. The van der Waals surface area contributed by atoms with Crippen LogP contribution in [-0.4, -0.2) is 28.1 Å². The van der Waals surface area contributed by atoms with Crippen molar-refractivity contribution in [1.29, 1.82) is 0 Å². The van der Waals surface area contributed by atoms with Gasteiger partial charge in [0, 0.05) is 21.6 Å². The number of ether oxygens (including phenoxy) is 1. The van der Waals surface area contributed by atoms with E-state index in [1.54, 1.807) is 35.4 Å². The highest BCUT2D eigenvalue weighted by Gasteiger charge is 2.10. The topological polar surface area (TPSA) is 72.0 Å². The minimum absolute atomic E-state index is 0.0469. The first-order chi connectivity index (χ1) is 15.0. The van der Waals surface area contributed by atoms with Crippen LogP contribution in [0.5, 0.6) is 11.5 Å². The van der Waals surface area contributed by atoms with Gasteiger partial charge in [-0.1, -0.05) is 28.1 Å². The van der Waals surface area contributed by atoms with Gasteiger partial charge in [-0.25, -0.2) is 9.67 Å². The van der Waals surface area contributed by atoms with E-state index in [0.29, 0.717) is 15.0 Å². The van der Waals surface area contributed by atoms with Gasteiger partial charge >= 0.3 is 0 Å². The Labute approximate surface area is 199 Å². The number of aromatic hydroxyl groups is 1. The Morgan fingerprint density at radius 2 is 1.97 bits per heavy atom. The Balaban J connectivity index is 1.84. The molecule has 0 aliphatic heterocycles. The zero-order chi connectivity index (χ0) is 21.8. The lowest BCUT2D eigenvalue weighted by atomic mass is 10.2. The zero-order valence-corrected chi connectivity index (χ0v) is 20.2. The number of thiazole rings is 1. The SMILES string of the molecule is COc1cc(C=Nn2c(-c3ccc(Br)cc3)csc2=Nc2cccnc2)cc(Br)c1O. The number of pyridine rings is 1. The third kappa shape index (κ3) is 4.95. The van der Waals surface area contributed by atoms with E-state index in [2.05, 4.69) is 36.8 Å². The summed E-state index contributed by atoms with van der Waals surface area (Å²) in [5, 5.41) is 16.8. The Morgan fingerprint density at radius 3 is 2.68 bits per heavy atom. The number of nitrogens with zero attached hydrogens (tertiary/aromatic N) is 4. The molecule has 6 nitrogen and oxygen atoms in total. The number of methoxy groups -OCH3 is 1. The number of benzene rings is 2. The normalized spacial score (nSPS) is 11.9. The first-order valence-corrected chi connectivity index (χ1v) is 11.5. The third-order valence-corrected chi connectivity index (χ3v) is 6.24. The number of hydrogen-bond acceptors (Lipinski definition) is 6. The van der Waals surface area contributed by atoms with Crippen LogP contribution in [0.25, 0.3) is 11.3 Å². The third-order valence-electron chi connectivity index (χ3n) is 4.29. The van der Waals surface area contributed by atoms with Gasteiger partial charge in [0.2, 0.25) is 4.80 Å². The predicted molar refractivity (Wildman–Crippen MR) is 130 cm³/mol. The molecule has 9 heteroatoms. The maximum absolute atomic E-state index is 10.1. The minimum atomic E-state index is 0.0469. The Bertz CT molecular complexity index is 1300. The first kappa shape index (κ1) is 21.5. The average Bonchev–Trinajstić information content (AvgIpc) is 3.18. The van der Waals surface area contributed by atoms with Crippen LogP contribution < -0.4 is 9.54 Å². The van der Waals surface area contributed by atoms with Crippen LogP contribution in [0.15, 0.2) is 85.3 Å². The van der Waals surface area contributed by atoms with Crippen LogP contribution in [0.3, 0.4) is 0 Å². The van der Waals surface area contributed by atoms with Crippen molar-refractivity contribution in [2.75, 3.05) is 7.11 Å². The fourth-order valence-corrected chi connectivity index (χ4v) is 4.37. The molecule has 0 aliphatic rings. The molecule has 31 heavy (non-hydrogen) atoms. The van der Waals surface area contributed by atoms with Gasteiger partial charge in [-0.3, -0.25) is 4.98 Å². The van der Waals surface area contributed by atoms with E-state index in [1.165, 1.54) is 18.4 Å². The molecule has 0 bridgehead atoms. The average molecular weight is 560 g/mol. The van der Waals surface area contributed by atoms with E-state index in [9.17, 15) is 5.11 Å². The molecule has 0 spiro atoms. The molecule has 0 saturated carbocycles. The summed E-state index contributed by atoms with van der Waals surface area (Å²) in [6.45, 7) is 0. The standard InChI is InChI=1S/C22H16Br2N4O2S/c1-30-20-10-14(9-18(24)21(20)29)11-26-28-19(15-4-6-16(23)7-5-15)13-31-22(28)27-17-3-2-8-25-12-17/h2-13,29H,1H3. The van der Waals surface area contributed by atoms with Crippen molar-refractivity contribution in [1.82, 2.24) is 9.66 Å². The van der Waals surface area contributed by atoms with E-state index >= 15 is 0 Å². The second kappa shape index (κ2) is 9.59. The van der Waals surface area contributed by atoms with E-state index in [0.717, 1.165) is 27.0 Å². The highest BCUT2D eigenvalue weighted by molar-refractivity contribution is 9.10. The van der Waals surface area contributed by atoms with Crippen LogP contribution >= 0.6 is 43.2 Å². The smallest absolute Gasteiger partial charge is 0.211 e. The Hall–Kier alpha value is -2.75. The largest absolute Gasteiger partial charge is 0.503 e. The maximum atomic E-state index is 10.1. The summed E-state index contributed by atoms with van der Waals surface area (Å²) in [5.74, 6) is 0.408. The fraction of sp³-hybridized carbons (Fsp3) is 0.0455. The van der Waals surface area contributed by atoms with E-state index in [-0.39, 0.29) is 5.75 Å². The highest BCUT2D eigenvalue weighted by Crippen LogP contribution is 2.34. The Morgan fingerprint density at radius 1 is 1.16 bits per heavy atom. The number of rotatable bonds is 5. The summed E-state index contributed by atoms with van der Waals surface area (Å²) >= 11 is 8.31. The summed E-state index contributed by atoms with van der Waals surface area (Å²) in [6.07, 6.45) is 5.11. The summed E-state index contributed by atoms with van der Waals surface area (Å²) in [6, 6.07) is 15.2. The lowest BCUT2D eigenvalue weighted by molar-refractivity contribution is 0.372. The lowest BCUT2D eigenvalue weighted by Crippen LogP contribution is -2.11. The first-order valence-electron chi connectivity index (χ1n) is 9.07. The molecule has 0 fully saturated rings. The molecule has 156 valence electrons. The monoisotopic (exact) mass is 558 g/mol. The number of halogens is 2. The molecule has 4 aromatic rings. The summed E-state index contributed by atoms with van der Waals surface area (Å²) < 4.78 is 8.55. The molecule has 2 heterocycles. The van der Waals surface area contributed by atoms with Crippen LogP contribution in [0, 0.1) is 0 Å². The molecule has 2 aromatic carbocycles. The highest BCUT2D eigenvalue weighted by atomic mass is 79.9. The van der Waals surface area contributed by atoms with Crippen LogP contribution in [0.2, 0.25) is 0 Å². The van der Waals surface area contributed by atoms with Crippen molar-refractivity contribution in [3.8, 4) is 22.8 Å². The predicted octanol–water partition coefficient (Wildman–Crippen LogP) is 5.97. The second-order valence-electron chi connectivity index (χ2n) is 6.34. The minimum Gasteiger partial charge on any atom is -0.503 e. The van der Waals surface area contributed by atoms with Gasteiger partial charge in [-0.05, 0) is 57.9 Å². The molecule has 0 aliphatic carbocycles. The number of hydrogen-bond donors (Lipinski definition) is 1. The molecule has 0 unspecified atom stereocenters. The molecule has 0 radical (unpaired) electrons.